The highest BCUT2D eigenvalue weighted by molar-refractivity contribution is 14.2. The summed E-state index contributed by atoms with van der Waals surface area (Å²) in [4.78, 5) is 0. The van der Waals surface area contributed by atoms with Crippen LogP contribution in [0.5, 0.6) is 0 Å². The molecule has 1 atom stereocenters. The van der Waals surface area contributed by atoms with Gasteiger partial charge in [0.2, 0.25) is 0 Å². The number of hydrogen-bond acceptors (Lipinski definition) is 2. The van der Waals surface area contributed by atoms with Crippen molar-refractivity contribution in [1.82, 2.24) is 3.11 Å². The highest BCUT2D eigenvalue weighted by atomic mass is 127. The maximum Gasteiger partial charge on any atom is 0.117 e. The molecule has 0 aromatic carbocycles. The van der Waals surface area contributed by atoms with E-state index in [0.29, 0.717) is 12.0 Å². The maximum absolute atomic E-state index is 9.24. The number of nitrogens with zero attached hydrogens (tertiary/aromatic N) is 1. The van der Waals surface area contributed by atoms with E-state index in [9.17, 15) is 5.11 Å². The minimum absolute atomic E-state index is 0.307. The van der Waals surface area contributed by atoms with Gasteiger partial charge in [0, 0.05) is 34.3 Å². The molecule has 0 aliphatic rings. The van der Waals surface area contributed by atoms with Crippen molar-refractivity contribution in [2.45, 2.75) is 6.92 Å². The van der Waals surface area contributed by atoms with Crippen LogP contribution in [0.3, 0.4) is 0 Å². The Kier molecular flexibility index (Phi) is 6.59. The fourth-order valence-electron chi connectivity index (χ4n) is 0.337. The summed E-state index contributed by atoms with van der Waals surface area (Å²) in [5.74, 6) is 0. The highest BCUT2D eigenvalue weighted by Crippen LogP contribution is 2.18. The van der Waals surface area contributed by atoms with E-state index < -0.39 is 0 Å². The van der Waals surface area contributed by atoms with Gasteiger partial charge in [0.25, 0.3) is 0 Å². The Morgan fingerprint density at radius 3 is 2.90 bits per heavy atom. The molecule has 1 unspecified atom stereocenters. The molecule has 0 rings (SSSR count). The molecule has 0 saturated carbocycles. The molecule has 0 aromatic rings. The lowest BCUT2D eigenvalue weighted by Gasteiger charge is -2.05. The zero-order chi connectivity index (χ0) is 7.98. The van der Waals surface area contributed by atoms with Gasteiger partial charge in [0.05, 0.1) is 0 Å². The molecule has 0 spiro atoms. The minimum Gasteiger partial charge on any atom is -0.354 e. The van der Waals surface area contributed by atoms with Crippen LogP contribution in [-0.2, 0) is 0 Å². The number of hydrogen-bond donors (Lipinski definition) is 1. The molecular weight excluding hydrogens is 260 g/mol. The van der Waals surface area contributed by atoms with Gasteiger partial charge in [-0.05, 0) is 6.16 Å². The summed E-state index contributed by atoms with van der Waals surface area (Å²) in [6.07, 6.45) is 2.81. The molecule has 0 saturated heterocycles. The lowest BCUT2D eigenvalue weighted by atomic mass is 11.0. The summed E-state index contributed by atoms with van der Waals surface area (Å²) in [5, 5.41) is 9.24. The molecule has 0 bridgehead atoms. The quantitative estimate of drug-likeness (QED) is 0.481. The second kappa shape index (κ2) is 6.25. The molecular formula is C6H13INOP. The summed E-state index contributed by atoms with van der Waals surface area (Å²) >= 11 is -0.307. The molecule has 2 nitrogen and oxygen atoms in total. The summed E-state index contributed by atoms with van der Waals surface area (Å²) in [6, 6.07) is 0. The van der Waals surface area contributed by atoms with Crippen LogP contribution >= 0.6 is 29.6 Å². The Labute approximate surface area is 74.2 Å². The van der Waals surface area contributed by atoms with Gasteiger partial charge in [-0.1, -0.05) is 22.1 Å². The van der Waals surface area contributed by atoms with E-state index in [2.05, 4.69) is 13.5 Å². The molecule has 0 fully saturated rings. The molecule has 0 aromatic heterocycles. The Balaban J connectivity index is 3.76. The summed E-state index contributed by atoms with van der Waals surface area (Å²) in [6.45, 7) is 5.68. The van der Waals surface area contributed by atoms with E-state index in [-0.39, 0.29) is 21.0 Å². The molecule has 0 radical (unpaired) electrons. The van der Waals surface area contributed by atoms with Crippen LogP contribution < -0.4 is 0 Å². The first-order chi connectivity index (χ1) is 4.70. The molecule has 0 aliphatic heterocycles. The molecule has 0 aliphatic carbocycles. The van der Waals surface area contributed by atoms with Gasteiger partial charge in [0.15, 0.2) is 0 Å². The fourth-order valence-corrected chi connectivity index (χ4v) is 4.16. The predicted octanol–water partition coefficient (Wildman–Crippen LogP) is 2.11. The van der Waals surface area contributed by atoms with Crippen molar-refractivity contribution in [3.63, 3.8) is 0 Å². The number of aliphatic hydroxyl groups excluding tert-OH is 1. The van der Waals surface area contributed by atoms with Crippen LogP contribution in [0.15, 0.2) is 12.8 Å². The van der Waals surface area contributed by atoms with Crippen LogP contribution in [0.2, 0.25) is 0 Å². The third kappa shape index (κ3) is 5.33. The monoisotopic (exact) mass is 273 g/mol. The van der Waals surface area contributed by atoms with Gasteiger partial charge < -0.3 is 8.22 Å². The van der Waals surface area contributed by atoms with Gasteiger partial charge >= 0.3 is 0 Å². The van der Waals surface area contributed by atoms with Crippen molar-refractivity contribution in [3.05, 3.63) is 12.8 Å². The molecule has 10 heavy (non-hydrogen) atoms. The largest absolute Gasteiger partial charge is 0.354 e. The van der Waals surface area contributed by atoms with Crippen molar-refractivity contribution in [2.75, 3.05) is 13.2 Å². The van der Waals surface area contributed by atoms with E-state index in [0.717, 1.165) is 6.16 Å². The smallest absolute Gasteiger partial charge is 0.117 e. The summed E-state index contributed by atoms with van der Waals surface area (Å²) in [7, 11) is 2.56. The van der Waals surface area contributed by atoms with E-state index in [1.807, 2.05) is 10.2 Å². The van der Waals surface area contributed by atoms with Gasteiger partial charge in [-0.3, -0.25) is 0 Å². The maximum atomic E-state index is 9.24. The lowest BCUT2D eigenvalue weighted by Crippen LogP contribution is -1.94. The topological polar surface area (TPSA) is 23.5 Å². The minimum atomic E-state index is -0.307. The molecule has 0 amide bonds. The summed E-state index contributed by atoms with van der Waals surface area (Å²) in [5.41, 5.74) is 0. The van der Waals surface area contributed by atoms with Gasteiger partial charge in [-0.15, -0.1) is 0 Å². The first kappa shape index (κ1) is 10.5. The average Bonchev–Trinajstić information content (AvgIpc) is 1.88. The van der Waals surface area contributed by atoms with E-state index in [4.69, 9.17) is 0 Å². The first-order valence-corrected chi connectivity index (χ1v) is 6.26. The van der Waals surface area contributed by atoms with Gasteiger partial charge in [-0.2, -0.15) is 0 Å². The third-order valence-corrected chi connectivity index (χ3v) is 4.76. The van der Waals surface area contributed by atoms with Crippen molar-refractivity contribution in [3.8, 4) is 0 Å². The number of rotatable bonds is 4. The molecule has 4 heteroatoms. The molecule has 1 N–H and O–H groups in total. The van der Waals surface area contributed by atoms with Crippen LogP contribution in [0.25, 0.3) is 0 Å². The standard InChI is InChI=1S/C6H13INOP/c1-4-8(3)7-6(9)10-5-2/h4,9-10H,1,5H2,2-3H3. The average molecular weight is 273 g/mol. The lowest BCUT2D eigenvalue weighted by molar-refractivity contribution is 0.586. The Hall–Kier alpha value is 0.530. The van der Waals surface area contributed by atoms with Crippen LogP contribution in [0, 0.1) is 0 Å². The van der Waals surface area contributed by atoms with Crippen molar-refractivity contribution >= 4 is 33.0 Å². The highest BCUT2D eigenvalue weighted by Gasteiger charge is 1.90. The van der Waals surface area contributed by atoms with Crippen molar-refractivity contribution < 1.29 is 5.11 Å². The van der Waals surface area contributed by atoms with E-state index >= 15 is 0 Å². The van der Waals surface area contributed by atoms with Crippen LogP contribution in [0.1, 0.15) is 6.92 Å². The van der Waals surface area contributed by atoms with Gasteiger partial charge in [-0.25, -0.2) is 0 Å². The SMILES string of the molecule is C=CN(C)I=C(O)PCC. The van der Waals surface area contributed by atoms with E-state index in [1.54, 1.807) is 6.20 Å². The Morgan fingerprint density at radius 2 is 2.50 bits per heavy atom. The zero-order valence-corrected chi connectivity index (χ0v) is 9.42. The van der Waals surface area contributed by atoms with Crippen molar-refractivity contribution in [2.24, 2.45) is 0 Å². The number of halogens is 1. The van der Waals surface area contributed by atoms with Crippen molar-refractivity contribution in [1.29, 1.82) is 0 Å². The second-order valence-corrected chi connectivity index (χ2v) is 7.19. The zero-order valence-electron chi connectivity index (χ0n) is 6.26. The second-order valence-electron chi connectivity index (χ2n) is 1.61. The predicted molar refractivity (Wildman–Crippen MR) is 57.8 cm³/mol. The molecule has 0 heterocycles. The van der Waals surface area contributed by atoms with Gasteiger partial charge in [0.1, 0.15) is 3.44 Å². The summed E-state index contributed by atoms with van der Waals surface area (Å²) < 4.78 is 2.64. The fraction of sp³-hybridized carbons (Fsp3) is 0.500. The Bertz CT molecular complexity index is 138. The van der Waals surface area contributed by atoms with Crippen LogP contribution in [0.4, 0.5) is 0 Å². The normalized spacial score (nSPS) is 13.3. The van der Waals surface area contributed by atoms with E-state index in [1.165, 1.54) is 0 Å². The number of aliphatic hydroxyl groups is 1. The van der Waals surface area contributed by atoms with Crippen LogP contribution in [-0.4, -0.2) is 24.9 Å². The Morgan fingerprint density at radius 1 is 1.90 bits per heavy atom. The molecule has 60 valence electrons. The first-order valence-electron chi connectivity index (χ1n) is 3.01. The third-order valence-electron chi connectivity index (χ3n) is 0.788.